The predicted molar refractivity (Wildman–Crippen MR) is 45.3 cm³/mol. The van der Waals surface area contributed by atoms with Crippen molar-refractivity contribution in [3.63, 3.8) is 0 Å². The molecule has 1 aliphatic rings. The summed E-state index contributed by atoms with van der Waals surface area (Å²) in [6.45, 7) is 1.49. The number of ether oxygens (including phenoxy) is 1. The molecule has 2 nitrogen and oxygen atoms in total. The highest BCUT2D eigenvalue weighted by Gasteiger charge is 2.09. The Bertz CT molecular complexity index is 275. The first kappa shape index (κ1) is 7.25. The minimum atomic E-state index is 0.661. The SMILES string of the molecule is Brc1ccc2c(n1)COCC2. The van der Waals surface area contributed by atoms with Crippen molar-refractivity contribution in [1.29, 1.82) is 0 Å². The lowest BCUT2D eigenvalue weighted by Gasteiger charge is -2.14. The zero-order valence-corrected chi connectivity index (χ0v) is 7.60. The van der Waals surface area contributed by atoms with Crippen LogP contribution in [0, 0.1) is 0 Å². The largest absolute Gasteiger partial charge is 0.375 e. The zero-order chi connectivity index (χ0) is 7.68. The first-order valence-corrected chi connectivity index (χ1v) is 4.37. The van der Waals surface area contributed by atoms with E-state index in [1.807, 2.05) is 6.07 Å². The number of hydrogen-bond donors (Lipinski definition) is 0. The highest BCUT2D eigenvalue weighted by atomic mass is 79.9. The number of halogens is 1. The molecule has 58 valence electrons. The summed E-state index contributed by atoms with van der Waals surface area (Å²) in [6, 6.07) is 4.08. The van der Waals surface area contributed by atoms with Crippen molar-refractivity contribution in [3.8, 4) is 0 Å². The Hall–Kier alpha value is -0.410. The molecule has 0 aliphatic carbocycles. The molecule has 1 aromatic heterocycles. The molecule has 0 amide bonds. The van der Waals surface area contributed by atoms with Gasteiger partial charge in [-0.1, -0.05) is 6.07 Å². The van der Waals surface area contributed by atoms with E-state index in [4.69, 9.17) is 4.74 Å². The predicted octanol–water partition coefficient (Wildman–Crippen LogP) is 1.92. The van der Waals surface area contributed by atoms with Crippen molar-refractivity contribution in [2.75, 3.05) is 6.61 Å². The monoisotopic (exact) mass is 213 g/mol. The maximum atomic E-state index is 5.27. The first-order chi connectivity index (χ1) is 5.36. The van der Waals surface area contributed by atoms with Gasteiger partial charge < -0.3 is 4.74 Å². The van der Waals surface area contributed by atoms with Crippen LogP contribution in [0.5, 0.6) is 0 Å². The van der Waals surface area contributed by atoms with E-state index in [1.54, 1.807) is 0 Å². The third-order valence-corrected chi connectivity index (χ3v) is 2.23. The number of aromatic nitrogens is 1. The lowest BCUT2D eigenvalue weighted by molar-refractivity contribution is 0.107. The molecule has 2 rings (SSSR count). The molecule has 0 atom stereocenters. The summed E-state index contributed by atoms with van der Waals surface area (Å²) in [5, 5.41) is 0. The quantitative estimate of drug-likeness (QED) is 0.615. The van der Waals surface area contributed by atoms with Gasteiger partial charge in [0.05, 0.1) is 18.9 Å². The van der Waals surface area contributed by atoms with Crippen molar-refractivity contribution >= 4 is 15.9 Å². The standard InChI is InChI=1S/C8H8BrNO/c9-8-2-1-6-3-4-11-5-7(6)10-8/h1-2H,3-5H2. The Morgan fingerprint density at radius 2 is 2.36 bits per heavy atom. The Morgan fingerprint density at radius 3 is 3.27 bits per heavy atom. The van der Waals surface area contributed by atoms with E-state index < -0.39 is 0 Å². The Labute approximate surface area is 73.7 Å². The summed E-state index contributed by atoms with van der Waals surface area (Å²) in [5.41, 5.74) is 2.39. The molecule has 1 aliphatic heterocycles. The number of fused-ring (bicyclic) bond motifs is 1. The zero-order valence-electron chi connectivity index (χ0n) is 6.01. The van der Waals surface area contributed by atoms with Crippen LogP contribution >= 0.6 is 15.9 Å². The van der Waals surface area contributed by atoms with Gasteiger partial charge in [-0.2, -0.15) is 0 Å². The summed E-state index contributed by atoms with van der Waals surface area (Å²) in [7, 11) is 0. The fourth-order valence-electron chi connectivity index (χ4n) is 1.21. The van der Waals surface area contributed by atoms with E-state index in [2.05, 4.69) is 27.0 Å². The summed E-state index contributed by atoms with van der Waals surface area (Å²) in [4.78, 5) is 4.31. The summed E-state index contributed by atoms with van der Waals surface area (Å²) >= 11 is 3.32. The molecule has 3 heteroatoms. The number of pyridine rings is 1. The van der Waals surface area contributed by atoms with Gasteiger partial charge in [-0.25, -0.2) is 4.98 Å². The second kappa shape index (κ2) is 2.91. The van der Waals surface area contributed by atoms with Gasteiger partial charge in [-0.3, -0.25) is 0 Å². The van der Waals surface area contributed by atoms with Crippen LogP contribution < -0.4 is 0 Å². The van der Waals surface area contributed by atoms with E-state index in [-0.39, 0.29) is 0 Å². The maximum absolute atomic E-state index is 5.27. The molecule has 0 spiro atoms. The smallest absolute Gasteiger partial charge is 0.106 e. The summed E-state index contributed by atoms with van der Waals surface area (Å²) in [5.74, 6) is 0. The van der Waals surface area contributed by atoms with Crippen LogP contribution in [-0.2, 0) is 17.8 Å². The second-order valence-electron chi connectivity index (χ2n) is 2.54. The van der Waals surface area contributed by atoms with Crippen molar-refractivity contribution < 1.29 is 4.74 Å². The van der Waals surface area contributed by atoms with Gasteiger partial charge in [-0.15, -0.1) is 0 Å². The maximum Gasteiger partial charge on any atom is 0.106 e. The lowest BCUT2D eigenvalue weighted by atomic mass is 10.1. The molecule has 0 fully saturated rings. The van der Waals surface area contributed by atoms with Crippen molar-refractivity contribution in [2.45, 2.75) is 13.0 Å². The van der Waals surface area contributed by atoms with Crippen LogP contribution in [0.3, 0.4) is 0 Å². The minimum absolute atomic E-state index is 0.661. The highest BCUT2D eigenvalue weighted by Crippen LogP contribution is 2.17. The summed E-state index contributed by atoms with van der Waals surface area (Å²) in [6.07, 6.45) is 0.996. The van der Waals surface area contributed by atoms with Gasteiger partial charge in [0, 0.05) is 0 Å². The molecule has 0 radical (unpaired) electrons. The first-order valence-electron chi connectivity index (χ1n) is 3.58. The number of hydrogen-bond acceptors (Lipinski definition) is 2. The van der Waals surface area contributed by atoms with Crippen molar-refractivity contribution in [2.24, 2.45) is 0 Å². The third-order valence-electron chi connectivity index (χ3n) is 1.79. The molecule has 2 heterocycles. The van der Waals surface area contributed by atoms with E-state index in [9.17, 15) is 0 Å². The Morgan fingerprint density at radius 1 is 1.45 bits per heavy atom. The third kappa shape index (κ3) is 1.44. The van der Waals surface area contributed by atoms with E-state index in [1.165, 1.54) is 5.56 Å². The van der Waals surface area contributed by atoms with Crippen LogP contribution in [0.15, 0.2) is 16.7 Å². The molecule has 0 unspecified atom stereocenters. The highest BCUT2D eigenvalue weighted by molar-refractivity contribution is 9.10. The van der Waals surface area contributed by atoms with Crippen molar-refractivity contribution in [1.82, 2.24) is 4.98 Å². The molecule has 0 N–H and O–H groups in total. The normalized spacial score (nSPS) is 16.1. The van der Waals surface area contributed by atoms with E-state index >= 15 is 0 Å². The van der Waals surface area contributed by atoms with Gasteiger partial charge >= 0.3 is 0 Å². The average molecular weight is 214 g/mol. The Kier molecular flexibility index (Phi) is 1.92. The molecule has 0 saturated carbocycles. The Balaban J connectivity index is 2.43. The van der Waals surface area contributed by atoms with Gasteiger partial charge in [0.2, 0.25) is 0 Å². The van der Waals surface area contributed by atoms with Crippen LogP contribution in [-0.4, -0.2) is 11.6 Å². The number of nitrogens with zero attached hydrogens (tertiary/aromatic N) is 1. The van der Waals surface area contributed by atoms with Crippen LogP contribution in [0.2, 0.25) is 0 Å². The fourth-order valence-corrected chi connectivity index (χ4v) is 1.55. The second-order valence-corrected chi connectivity index (χ2v) is 3.35. The minimum Gasteiger partial charge on any atom is -0.375 e. The number of rotatable bonds is 0. The van der Waals surface area contributed by atoms with E-state index in [0.717, 1.165) is 23.3 Å². The molecule has 0 bridgehead atoms. The average Bonchev–Trinajstić information content (AvgIpc) is 2.04. The van der Waals surface area contributed by atoms with Crippen LogP contribution in [0.25, 0.3) is 0 Å². The van der Waals surface area contributed by atoms with Gasteiger partial charge in [0.1, 0.15) is 4.60 Å². The molecule has 0 saturated heterocycles. The van der Waals surface area contributed by atoms with E-state index in [0.29, 0.717) is 6.61 Å². The molecular weight excluding hydrogens is 206 g/mol. The lowest BCUT2D eigenvalue weighted by Crippen LogP contribution is -2.11. The summed E-state index contributed by atoms with van der Waals surface area (Å²) < 4.78 is 6.16. The van der Waals surface area contributed by atoms with Gasteiger partial charge in [-0.05, 0) is 34.0 Å². The van der Waals surface area contributed by atoms with Crippen molar-refractivity contribution in [3.05, 3.63) is 28.0 Å². The van der Waals surface area contributed by atoms with Gasteiger partial charge in [0.25, 0.3) is 0 Å². The fraction of sp³-hybridized carbons (Fsp3) is 0.375. The molecule has 0 aromatic carbocycles. The topological polar surface area (TPSA) is 22.1 Å². The van der Waals surface area contributed by atoms with Crippen LogP contribution in [0.1, 0.15) is 11.3 Å². The molecule has 11 heavy (non-hydrogen) atoms. The molecule has 1 aromatic rings. The van der Waals surface area contributed by atoms with Gasteiger partial charge in [0.15, 0.2) is 0 Å². The van der Waals surface area contributed by atoms with Crippen LogP contribution in [0.4, 0.5) is 0 Å². The molecular formula is C8H8BrNO.